The van der Waals surface area contributed by atoms with Crippen LogP contribution in [0, 0.1) is 27.6 Å². The van der Waals surface area contributed by atoms with Crippen LogP contribution in [-0.4, -0.2) is 92.1 Å². The van der Waals surface area contributed by atoms with Crippen molar-refractivity contribution in [1.29, 1.82) is 0 Å². The molecule has 0 amide bonds. The fourth-order valence-electron chi connectivity index (χ4n) is 8.08. The van der Waals surface area contributed by atoms with Gasteiger partial charge in [0, 0.05) is 30.6 Å². The lowest BCUT2D eigenvalue weighted by atomic mass is 9.43. The maximum Gasteiger partial charge on any atom is 0.217 e. The largest absolute Gasteiger partial charge is 0.392 e. The fraction of sp³-hybridized carbons (Fsp3) is 0.821. The molecule has 2 bridgehead atoms. The van der Waals surface area contributed by atoms with E-state index in [1.807, 2.05) is 0 Å². The first-order chi connectivity index (χ1) is 17.9. The van der Waals surface area contributed by atoms with E-state index in [9.17, 15) is 39.7 Å². The predicted octanol–water partition coefficient (Wildman–Crippen LogP) is 1.02. The molecule has 0 spiro atoms. The standard InChI is InChI=1S/C28H41NO10/c1-8-16(30)26(7,29-37)18(32)11-38-15-10-28(36)14(3)22-25(6,17(31)9-19-27(22,35)12-39-19)23(34)21(33)20(13(15)2)24(28,4)5/h14-15,17,19,21-22,31,33,35-36H,8-12H2,1-7H3. The Morgan fingerprint density at radius 3 is 2.31 bits per heavy atom. The van der Waals surface area contributed by atoms with Crippen LogP contribution < -0.4 is 0 Å². The Hall–Kier alpha value is -1.89. The average molecular weight is 552 g/mol. The quantitative estimate of drug-likeness (QED) is 0.203. The SMILES string of the molecule is CCC(=O)C(C)(N=O)C(=O)COC1CC2(O)C(C)C3C4(O)COC4CC(O)C3(C)C(=O)C(O)C(=C1C)C2(C)C. The van der Waals surface area contributed by atoms with Crippen molar-refractivity contribution in [3.05, 3.63) is 16.1 Å². The third kappa shape index (κ3) is 3.73. The zero-order chi connectivity index (χ0) is 29.5. The lowest BCUT2D eigenvalue weighted by Gasteiger charge is -2.67. The molecule has 11 nitrogen and oxygen atoms in total. The van der Waals surface area contributed by atoms with Crippen molar-refractivity contribution in [2.75, 3.05) is 13.2 Å². The van der Waals surface area contributed by atoms with Crippen LogP contribution in [0.1, 0.15) is 67.7 Å². The smallest absolute Gasteiger partial charge is 0.217 e. The van der Waals surface area contributed by atoms with Crippen molar-refractivity contribution < 1.29 is 44.3 Å². The number of carbonyl (C=O) groups excluding carboxylic acids is 3. The second-order valence-electron chi connectivity index (χ2n) is 12.9. The first-order valence-electron chi connectivity index (χ1n) is 13.6. The topological polar surface area (TPSA) is 180 Å². The van der Waals surface area contributed by atoms with Gasteiger partial charge in [0.25, 0.3) is 0 Å². The number of aliphatic hydroxyl groups excluding tert-OH is 2. The molecule has 1 heterocycles. The summed E-state index contributed by atoms with van der Waals surface area (Å²) in [6.45, 7) is 10.3. The maximum atomic E-state index is 14.1. The van der Waals surface area contributed by atoms with E-state index >= 15 is 0 Å². The molecule has 4 N–H and O–H groups in total. The number of hydrogen-bond donors (Lipinski definition) is 4. The van der Waals surface area contributed by atoms with Crippen LogP contribution in [0.15, 0.2) is 16.3 Å². The van der Waals surface area contributed by atoms with E-state index in [-0.39, 0.29) is 31.4 Å². The Morgan fingerprint density at radius 2 is 1.79 bits per heavy atom. The van der Waals surface area contributed by atoms with Gasteiger partial charge < -0.3 is 29.9 Å². The molecule has 39 heavy (non-hydrogen) atoms. The van der Waals surface area contributed by atoms with Crippen LogP contribution in [0.5, 0.6) is 0 Å². The van der Waals surface area contributed by atoms with Crippen molar-refractivity contribution in [1.82, 2.24) is 0 Å². The molecule has 11 heteroatoms. The molecule has 3 fully saturated rings. The Morgan fingerprint density at radius 1 is 1.18 bits per heavy atom. The molecule has 10 unspecified atom stereocenters. The van der Waals surface area contributed by atoms with Gasteiger partial charge in [0.05, 0.1) is 35.9 Å². The molecule has 1 saturated heterocycles. The fourth-order valence-corrected chi connectivity index (χ4v) is 8.08. The minimum absolute atomic E-state index is 0.0163. The zero-order valence-electron chi connectivity index (χ0n) is 23.7. The highest BCUT2D eigenvalue weighted by atomic mass is 16.6. The Labute approximate surface area is 227 Å². The van der Waals surface area contributed by atoms with Crippen LogP contribution in [0.25, 0.3) is 0 Å². The van der Waals surface area contributed by atoms with E-state index < -0.39 is 87.8 Å². The summed E-state index contributed by atoms with van der Waals surface area (Å²) in [6, 6.07) is 0. The second kappa shape index (κ2) is 9.32. The van der Waals surface area contributed by atoms with Gasteiger partial charge in [0.15, 0.2) is 17.3 Å². The van der Waals surface area contributed by atoms with Crippen LogP contribution in [0.3, 0.4) is 0 Å². The van der Waals surface area contributed by atoms with Crippen LogP contribution in [-0.2, 0) is 23.9 Å². The summed E-state index contributed by atoms with van der Waals surface area (Å²) >= 11 is 0. The number of nitrogens with zero attached hydrogens (tertiary/aromatic N) is 1. The highest BCUT2D eigenvalue weighted by Crippen LogP contribution is 2.64. The van der Waals surface area contributed by atoms with E-state index in [0.717, 1.165) is 6.92 Å². The Bertz CT molecular complexity index is 1130. The summed E-state index contributed by atoms with van der Waals surface area (Å²) in [5.41, 5.74) is -7.40. The average Bonchev–Trinajstić information content (AvgIpc) is 2.88. The Kier molecular flexibility index (Phi) is 7.19. The van der Waals surface area contributed by atoms with Gasteiger partial charge in [-0.05, 0) is 43.0 Å². The second-order valence-corrected chi connectivity index (χ2v) is 12.9. The van der Waals surface area contributed by atoms with Gasteiger partial charge in [-0.2, -0.15) is 0 Å². The van der Waals surface area contributed by atoms with Crippen LogP contribution in [0.2, 0.25) is 0 Å². The molecule has 0 radical (unpaired) electrons. The molecule has 10 atom stereocenters. The summed E-state index contributed by atoms with van der Waals surface area (Å²) in [4.78, 5) is 50.7. The first kappa shape index (κ1) is 30.1. The predicted molar refractivity (Wildman–Crippen MR) is 137 cm³/mol. The van der Waals surface area contributed by atoms with Gasteiger partial charge in [-0.15, -0.1) is 4.91 Å². The van der Waals surface area contributed by atoms with Crippen molar-refractivity contribution in [3.8, 4) is 0 Å². The molecular formula is C28H41NO10. The van der Waals surface area contributed by atoms with Gasteiger partial charge in [-0.25, -0.2) is 0 Å². The highest BCUT2D eigenvalue weighted by Gasteiger charge is 2.74. The molecule has 1 aliphatic heterocycles. The highest BCUT2D eigenvalue weighted by molar-refractivity contribution is 6.11. The lowest BCUT2D eigenvalue weighted by Crippen LogP contribution is -2.78. The van der Waals surface area contributed by atoms with Gasteiger partial charge in [-0.3, -0.25) is 14.4 Å². The van der Waals surface area contributed by atoms with Gasteiger partial charge in [0.1, 0.15) is 18.3 Å². The summed E-state index contributed by atoms with van der Waals surface area (Å²) in [5, 5.41) is 49.8. The molecule has 0 aromatic rings. The summed E-state index contributed by atoms with van der Waals surface area (Å²) in [6.07, 6.45) is -4.75. The minimum Gasteiger partial charge on any atom is -0.392 e. The number of ether oxygens (including phenoxy) is 2. The van der Waals surface area contributed by atoms with E-state index in [2.05, 4.69) is 5.18 Å². The minimum atomic E-state index is -2.11. The molecule has 4 rings (SSSR count). The van der Waals surface area contributed by atoms with E-state index in [4.69, 9.17) is 9.47 Å². The number of Topliss-reactive ketones (excluding diaryl/α,β-unsaturated/α-hetero) is 3. The summed E-state index contributed by atoms with van der Waals surface area (Å²) in [5.74, 6) is -3.92. The van der Waals surface area contributed by atoms with Crippen molar-refractivity contribution in [3.63, 3.8) is 0 Å². The van der Waals surface area contributed by atoms with E-state index in [1.54, 1.807) is 27.7 Å². The monoisotopic (exact) mass is 551 g/mol. The molecule has 2 saturated carbocycles. The maximum absolute atomic E-state index is 14.1. The third-order valence-electron chi connectivity index (χ3n) is 10.9. The molecule has 4 aliphatic rings. The number of hydrogen-bond acceptors (Lipinski definition) is 11. The molecular weight excluding hydrogens is 510 g/mol. The van der Waals surface area contributed by atoms with Crippen molar-refractivity contribution in [2.24, 2.45) is 27.8 Å². The van der Waals surface area contributed by atoms with Gasteiger partial charge in [-0.1, -0.05) is 27.7 Å². The van der Waals surface area contributed by atoms with Gasteiger partial charge in [0.2, 0.25) is 5.54 Å². The summed E-state index contributed by atoms with van der Waals surface area (Å²) in [7, 11) is 0. The van der Waals surface area contributed by atoms with E-state index in [1.165, 1.54) is 13.8 Å². The number of carbonyl (C=O) groups is 3. The van der Waals surface area contributed by atoms with E-state index in [0.29, 0.717) is 5.57 Å². The number of ketones is 3. The lowest BCUT2D eigenvalue weighted by molar-refractivity contribution is -0.335. The number of rotatable bonds is 7. The number of aliphatic hydroxyl groups is 4. The normalized spacial score (nSPS) is 44.6. The molecule has 0 aromatic heterocycles. The van der Waals surface area contributed by atoms with Crippen LogP contribution >= 0.6 is 0 Å². The number of fused-ring (bicyclic) bond motifs is 5. The Balaban J connectivity index is 1.81. The molecule has 3 aliphatic carbocycles. The third-order valence-corrected chi connectivity index (χ3v) is 10.9. The van der Waals surface area contributed by atoms with Gasteiger partial charge >= 0.3 is 0 Å². The van der Waals surface area contributed by atoms with Crippen molar-refractivity contribution >= 4 is 17.3 Å². The van der Waals surface area contributed by atoms with Crippen molar-refractivity contribution in [2.45, 2.75) is 109 Å². The zero-order valence-corrected chi connectivity index (χ0v) is 23.7. The molecule has 0 aromatic carbocycles. The first-order valence-corrected chi connectivity index (χ1v) is 13.6. The number of nitroso groups, excluding NO2 is 1. The van der Waals surface area contributed by atoms with Crippen LogP contribution in [0.4, 0.5) is 0 Å². The molecule has 218 valence electrons. The summed E-state index contributed by atoms with van der Waals surface area (Å²) < 4.78 is 11.5.